The molecule has 6 heteroatoms. The Morgan fingerprint density at radius 3 is 1.43 bits per heavy atom. The predicted octanol–water partition coefficient (Wildman–Crippen LogP) is 1.09. The van der Waals surface area contributed by atoms with Crippen LogP contribution in [0.4, 0.5) is 0 Å². The summed E-state index contributed by atoms with van der Waals surface area (Å²) in [6.07, 6.45) is 3.01. The Morgan fingerprint density at radius 2 is 1.00 bits per heavy atom. The number of H-pyrrole nitrogens is 3. The topological polar surface area (TPSA) is 98.6 Å². The lowest BCUT2D eigenvalue weighted by Gasteiger charge is -2.06. The van der Waals surface area contributed by atoms with Gasteiger partial charge in [-0.1, -0.05) is 0 Å². The molecule has 3 heterocycles. The van der Waals surface area contributed by atoms with Crippen LogP contribution in [0, 0.1) is 0 Å². The van der Waals surface area contributed by atoms with Crippen LogP contribution in [-0.4, -0.2) is 15.0 Å². The molecule has 0 saturated heterocycles. The van der Waals surface area contributed by atoms with Crippen LogP contribution in [-0.2, 0) is 0 Å². The molecule has 6 nitrogen and oxygen atoms in total. The zero-order valence-electron chi connectivity index (χ0n) is 10.8. The van der Waals surface area contributed by atoms with Gasteiger partial charge in [0.2, 0.25) is 0 Å². The molecule has 0 amide bonds. The number of nitrogens with one attached hydrogen (secondary N) is 3. The zero-order valence-corrected chi connectivity index (χ0v) is 10.8. The first-order chi connectivity index (χ1) is 10.1. The fourth-order valence-corrected chi connectivity index (χ4v) is 2.04. The summed E-state index contributed by atoms with van der Waals surface area (Å²) < 4.78 is 0. The minimum absolute atomic E-state index is 0.164. The Kier molecular flexibility index (Phi) is 3.12. The summed E-state index contributed by atoms with van der Waals surface area (Å²) in [7, 11) is 0. The van der Waals surface area contributed by atoms with Gasteiger partial charge in [-0.3, -0.25) is 14.4 Å². The molecule has 0 spiro atoms. The lowest BCUT2D eigenvalue weighted by atomic mass is 10.2. The van der Waals surface area contributed by atoms with Gasteiger partial charge in [0.05, 0.1) is 22.8 Å². The number of aromatic nitrogens is 3. The smallest absolute Gasteiger partial charge is 0.182 e. The molecule has 3 aromatic heterocycles. The Bertz CT molecular complexity index is 891. The molecule has 0 saturated carbocycles. The molecule has 0 aliphatic heterocycles. The number of rotatable bonds is 2. The highest BCUT2D eigenvalue weighted by atomic mass is 16.1. The second-order valence-electron chi connectivity index (χ2n) is 4.52. The Morgan fingerprint density at radius 1 is 0.571 bits per heavy atom. The summed E-state index contributed by atoms with van der Waals surface area (Å²) >= 11 is 0. The van der Waals surface area contributed by atoms with Crippen molar-refractivity contribution in [3.63, 3.8) is 0 Å². The van der Waals surface area contributed by atoms with Crippen LogP contribution in [0.15, 0.2) is 63.2 Å². The van der Waals surface area contributed by atoms with Gasteiger partial charge in [-0.15, -0.1) is 0 Å². The van der Waals surface area contributed by atoms with Crippen molar-refractivity contribution >= 4 is 0 Å². The van der Waals surface area contributed by atoms with Crippen molar-refractivity contribution in [3.05, 3.63) is 79.5 Å². The van der Waals surface area contributed by atoms with Crippen molar-refractivity contribution in [2.45, 2.75) is 0 Å². The molecule has 0 aromatic carbocycles. The van der Waals surface area contributed by atoms with Crippen molar-refractivity contribution in [2.24, 2.45) is 0 Å². The lowest BCUT2D eigenvalue weighted by molar-refractivity contribution is 1.20. The summed E-state index contributed by atoms with van der Waals surface area (Å²) in [4.78, 5) is 43.4. The number of hydrogen-bond acceptors (Lipinski definition) is 3. The predicted molar refractivity (Wildman–Crippen MR) is 79.2 cm³/mol. The monoisotopic (exact) mass is 281 g/mol. The third-order valence-corrected chi connectivity index (χ3v) is 2.97. The highest BCUT2D eigenvalue weighted by Crippen LogP contribution is 2.15. The van der Waals surface area contributed by atoms with E-state index >= 15 is 0 Å². The second kappa shape index (κ2) is 5.09. The van der Waals surface area contributed by atoms with Gasteiger partial charge in [0.15, 0.2) is 16.3 Å². The lowest BCUT2D eigenvalue weighted by Crippen LogP contribution is -2.06. The van der Waals surface area contributed by atoms with E-state index in [-0.39, 0.29) is 16.3 Å². The normalized spacial score (nSPS) is 10.5. The minimum atomic E-state index is -0.229. The maximum atomic E-state index is 11.8. The molecule has 0 aliphatic carbocycles. The molecule has 104 valence electrons. The zero-order chi connectivity index (χ0) is 14.8. The van der Waals surface area contributed by atoms with E-state index < -0.39 is 0 Å². The van der Waals surface area contributed by atoms with E-state index in [9.17, 15) is 14.4 Å². The molecular formula is C15H11N3O3. The third-order valence-electron chi connectivity index (χ3n) is 2.97. The van der Waals surface area contributed by atoms with E-state index in [2.05, 4.69) is 15.0 Å². The average Bonchev–Trinajstić information content (AvgIpc) is 2.46. The fourth-order valence-electron chi connectivity index (χ4n) is 2.04. The maximum absolute atomic E-state index is 11.8. The minimum Gasteiger partial charge on any atom is -0.360 e. The van der Waals surface area contributed by atoms with Crippen LogP contribution in [0.1, 0.15) is 0 Å². The van der Waals surface area contributed by atoms with Gasteiger partial charge in [-0.2, -0.15) is 0 Å². The van der Waals surface area contributed by atoms with Crippen molar-refractivity contribution < 1.29 is 0 Å². The van der Waals surface area contributed by atoms with Gasteiger partial charge in [-0.25, -0.2) is 0 Å². The van der Waals surface area contributed by atoms with Gasteiger partial charge in [0.25, 0.3) is 0 Å². The SMILES string of the molecule is O=c1cc[nH]c(-c2cc(=O)cc(-c3cc(=O)cc[nH]3)[nH]2)c1. The van der Waals surface area contributed by atoms with E-state index in [4.69, 9.17) is 0 Å². The van der Waals surface area contributed by atoms with E-state index in [1.165, 1.54) is 48.8 Å². The van der Waals surface area contributed by atoms with Crippen LogP contribution in [0.3, 0.4) is 0 Å². The van der Waals surface area contributed by atoms with Crippen molar-refractivity contribution in [3.8, 4) is 22.8 Å². The molecule has 0 atom stereocenters. The van der Waals surface area contributed by atoms with Crippen molar-refractivity contribution in [1.82, 2.24) is 15.0 Å². The summed E-state index contributed by atoms with van der Waals surface area (Å²) in [5.74, 6) is 0. The first-order valence-electron chi connectivity index (χ1n) is 6.24. The van der Waals surface area contributed by atoms with E-state index in [1.54, 1.807) is 0 Å². The highest BCUT2D eigenvalue weighted by Gasteiger charge is 2.05. The standard InChI is InChI=1S/C15H11N3O3/c19-9-1-3-16-12(5-9)14-7-11(21)8-15(18-14)13-6-10(20)2-4-17-13/h1-8H,(H,16,19)(H,17,20)(H,18,21). The van der Waals surface area contributed by atoms with Gasteiger partial charge in [-0.05, 0) is 0 Å². The van der Waals surface area contributed by atoms with Gasteiger partial charge >= 0.3 is 0 Å². The van der Waals surface area contributed by atoms with Gasteiger partial charge < -0.3 is 15.0 Å². The third kappa shape index (κ3) is 2.74. The Balaban J connectivity index is 2.19. The molecule has 0 bridgehead atoms. The molecule has 3 N–H and O–H groups in total. The molecular weight excluding hydrogens is 270 g/mol. The average molecular weight is 281 g/mol. The van der Waals surface area contributed by atoms with Crippen LogP contribution in [0.2, 0.25) is 0 Å². The van der Waals surface area contributed by atoms with Crippen LogP contribution >= 0.6 is 0 Å². The largest absolute Gasteiger partial charge is 0.360 e. The molecule has 3 aromatic rings. The van der Waals surface area contributed by atoms with Crippen LogP contribution in [0.5, 0.6) is 0 Å². The highest BCUT2D eigenvalue weighted by molar-refractivity contribution is 5.61. The van der Waals surface area contributed by atoms with Crippen molar-refractivity contribution in [1.29, 1.82) is 0 Å². The number of hydrogen-bond donors (Lipinski definition) is 3. The number of aromatic amines is 3. The second-order valence-corrected chi connectivity index (χ2v) is 4.52. The first kappa shape index (κ1) is 12.9. The first-order valence-corrected chi connectivity index (χ1v) is 6.24. The number of pyridine rings is 3. The molecule has 21 heavy (non-hydrogen) atoms. The molecule has 0 radical (unpaired) electrons. The molecule has 0 aliphatic rings. The van der Waals surface area contributed by atoms with E-state index in [1.807, 2.05) is 0 Å². The van der Waals surface area contributed by atoms with Crippen LogP contribution in [0.25, 0.3) is 22.8 Å². The molecule has 0 unspecified atom stereocenters. The molecule has 3 rings (SSSR count). The summed E-state index contributed by atoms with van der Waals surface area (Å²) in [5, 5.41) is 0. The van der Waals surface area contributed by atoms with Crippen LogP contribution < -0.4 is 16.3 Å². The molecule has 0 fully saturated rings. The fraction of sp³-hybridized carbons (Fsp3) is 0. The summed E-state index contributed by atoms with van der Waals surface area (Å²) in [6, 6.07) is 8.33. The quantitative estimate of drug-likeness (QED) is 0.655. The van der Waals surface area contributed by atoms with Crippen molar-refractivity contribution in [2.75, 3.05) is 0 Å². The Labute approximate surface area is 118 Å². The summed E-state index contributed by atoms with van der Waals surface area (Å²) in [6.45, 7) is 0. The van der Waals surface area contributed by atoms with Gasteiger partial charge in [0, 0.05) is 48.8 Å². The van der Waals surface area contributed by atoms with E-state index in [0.717, 1.165) is 0 Å². The van der Waals surface area contributed by atoms with Gasteiger partial charge in [0.1, 0.15) is 0 Å². The summed E-state index contributed by atoms with van der Waals surface area (Å²) in [5.41, 5.74) is 1.39. The Hall–Kier alpha value is -3.15. The van der Waals surface area contributed by atoms with E-state index in [0.29, 0.717) is 22.8 Å². The maximum Gasteiger partial charge on any atom is 0.182 e.